The lowest BCUT2D eigenvalue weighted by Crippen LogP contribution is -2.10. The molecule has 3 heteroatoms. The summed E-state index contributed by atoms with van der Waals surface area (Å²) in [6, 6.07) is 0. The Bertz CT molecular complexity index is 40.7. The van der Waals surface area contributed by atoms with Crippen LogP contribution in [0.5, 0.6) is 0 Å². The van der Waals surface area contributed by atoms with Crippen LogP contribution in [0.2, 0.25) is 0 Å². The summed E-state index contributed by atoms with van der Waals surface area (Å²) in [4.78, 5) is 0. The molecule has 0 aliphatic carbocycles. The van der Waals surface area contributed by atoms with Crippen LogP contribution in [0.15, 0.2) is 0 Å². The highest BCUT2D eigenvalue weighted by molar-refractivity contribution is 7.82. The number of thiol groups is 1. The molecular weight excluding hydrogens is 112 g/mol. The highest BCUT2D eigenvalue weighted by Gasteiger charge is 1.96. The Morgan fingerprint density at radius 2 is 2.29 bits per heavy atom. The molecule has 0 aromatic carbocycles. The zero-order chi connectivity index (χ0) is 5.70. The quantitative estimate of drug-likeness (QED) is 0.453. The minimum absolute atomic E-state index is 0.183. The van der Waals surface area contributed by atoms with Crippen LogP contribution in [0.25, 0.3) is 0 Å². The SMILES string of the molecule is OCC(O)C[CH]S. The first-order chi connectivity index (χ1) is 3.31. The van der Waals surface area contributed by atoms with Crippen molar-refractivity contribution in [2.45, 2.75) is 12.5 Å². The predicted molar refractivity (Wildman–Crippen MR) is 31.0 cm³/mol. The summed E-state index contributed by atoms with van der Waals surface area (Å²) in [5.41, 5.74) is 0. The summed E-state index contributed by atoms with van der Waals surface area (Å²) >= 11 is 3.72. The number of rotatable bonds is 3. The summed E-state index contributed by atoms with van der Waals surface area (Å²) in [5, 5.41) is 16.7. The number of aliphatic hydroxyl groups excluding tert-OH is 2. The number of hydrogen-bond donors (Lipinski definition) is 3. The summed E-state index contributed by atoms with van der Waals surface area (Å²) in [6.07, 6.45) is -0.183. The molecule has 0 aliphatic heterocycles. The molecule has 0 amide bonds. The molecule has 0 saturated heterocycles. The first-order valence-corrected chi connectivity index (χ1v) is 2.57. The van der Waals surface area contributed by atoms with Crippen molar-refractivity contribution in [3.05, 3.63) is 5.75 Å². The zero-order valence-electron chi connectivity index (χ0n) is 3.91. The van der Waals surface area contributed by atoms with Gasteiger partial charge in [-0.2, -0.15) is 12.6 Å². The molecule has 0 fully saturated rings. The second-order valence-corrected chi connectivity index (χ2v) is 1.62. The minimum Gasteiger partial charge on any atom is -0.394 e. The topological polar surface area (TPSA) is 40.5 Å². The molecule has 0 rings (SSSR count). The molecule has 0 aromatic rings. The molecule has 0 aliphatic rings. The van der Waals surface area contributed by atoms with Crippen molar-refractivity contribution >= 4 is 12.6 Å². The smallest absolute Gasteiger partial charge is 0.0781 e. The van der Waals surface area contributed by atoms with Crippen molar-refractivity contribution < 1.29 is 10.2 Å². The Kier molecular flexibility index (Phi) is 4.60. The number of hydrogen-bond acceptors (Lipinski definition) is 3. The fraction of sp³-hybridized carbons (Fsp3) is 0.750. The molecule has 1 radical (unpaired) electrons. The first-order valence-electron chi connectivity index (χ1n) is 2.06. The maximum atomic E-state index is 8.53. The fourth-order valence-electron chi connectivity index (χ4n) is 0.196. The minimum atomic E-state index is -0.627. The summed E-state index contributed by atoms with van der Waals surface area (Å²) in [7, 11) is 0. The molecule has 0 aromatic heterocycles. The van der Waals surface area contributed by atoms with Crippen LogP contribution < -0.4 is 0 Å². The van der Waals surface area contributed by atoms with E-state index < -0.39 is 6.10 Å². The van der Waals surface area contributed by atoms with Gasteiger partial charge in [-0.1, -0.05) is 0 Å². The highest BCUT2D eigenvalue weighted by Crippen LogP contribution is 1.95. The summed E-state index contributed by atoms with van der Waals surface area (Å²) < 4.78 is 0. The maximum absolute atomic E-state index is 8.53. The number of aliphatic hydroxyl groups is 2. The Balaban J connectivity index is 2.83. The van der Waals surface area contributed by atoms with Gasteiger partial charge in [0.25, 0.3) is 0 Å². The van der Waals surface area contributed by atoms with Crippen LogP contribution in [-0.4, -0.2) is 22.9 Å². The maximum Gasteiger partial charge on any atom is 0.0781 e. The molecule has 43 valence electrons. The molecule has 0 spiro atoms. The van der Waals surface area contributed by atoms with Crippen molar-refractivity contribution in [1.29, 1.82) is 0 Å². The van der Waals surface area contributed by atoms with Crippen LogP contribution in [-0.2, 0) is 0 Å². The third-order valence-electron chi connectivity index (χ3n) is 0.588. The van der Waals surface area contributed by atoms with Gasteiger partial charge in [0, 0.05) is 5.75 Å². The Labute approximate surface area is 48.6 Å². The van der Waals surface area contributed by atoms with Crippen molar-refractivity contribution in [1.82, 2.24) is 0 Å². The van der Waals surface area contributed by atoms with E-state index in [0.717, 1.165) is 0 Å². The van der Waals surface area contributed by atoms with Crippen LogP contribution in [0.1, 0.15) is 6.42 Å². The second kappa shape index (κ2) is 4.43. The van der Waals surface area contributed by atoms with E-state index in [2.05, 4.69) is 12.6 Å². The van der Waals surface area contributed by atoms with Gasteiger partial charge in [0.05, 0.1) is 12.7 Å². The van der Waals surface area contributed by atoms with Crippen LogP contribution in [0, 0.1) is 5.75 Å². The van der Waals surface area contributed by atoms with E-state index >= 15 is 0 Å². The van der Waals surface area contributed by atoms with E-state index in [9.17, 15) is 0 Å². The molecule has 0 saturated carbocycles. The van der Waals surface area contributed by atoms with Crippen molar-refractivity contribution in [3.63, 3.8) is 0 Å². The summed E-state index contributed by atoms with van der Waals surface area (Å²) in [6.45, 7) is -0.183. The van der Waals surface area contributed by atoms with Crippen LogP contribution >= 0.6 is 12.6 Å². The Morgan fingerprint density at radius 1 is 1.71 bits per heavy atom. The molecule has 7 heavy (non-hydrogen) atoms. The average Bonchev–Trinajstić information content (AvgIpc) is 1.68. The normalized spacial score (nSPS) is 14.1. The summed E-state index contributed by atoms with van der Waals surface area (Å²) in [5.74, 6) is 1.51. The standard InChI is InChI=1S/C4H9O2S/c5-3-4(6)1-2-7/h2,4-7H,1,3H2. The molecule has 2 nitrogen and oxygen atoms in total. The van der Waals surface area contributed by atoms with Crippen molar-refractivity contribution in [2.75, 3.05) is 6.61 Å². The van der Waals surface area contributed by atoms with E-state index in [4.69, 9.17) is 10.2 Å². The van der Waals surface area contributed by atoms with Crippen LogP contribution in [0.4, 0.5) is 0 Å². The van der Waals surface area contributed by atoms with Gasteiger partial charge in [-0.25, -0.2) is 0 Å². The molecule has 1 atom stereocenters. The van der Waals surface area contributed by atoms with Crippen LogP contribution in [0.3, 0.4) is 0 Å². The second-order valence-electron chi connectivity index (χ2n) is 1.25. The molecule has 0 bridgehead atoms. The highest BCUT2D eigenvalue weighted by atomic mass is 32.1. The van der Waals surface area contributed by atoms with E-state index in [-0.39, 0.29) is 6.61 Å². The third kappa shape index (κ3) is 4.12. The predicted octanol–water partition coefficient (Wildman–Crippen LogP) is -0.179. The molecular formula is C4H9O2S. The van der Waals surface area contributed by atoms with Gasteiger partial charge in [0.1, 0.15) is 0 Å². The lowest BCUT2D eigenvalue weighted by atomic mass is 10.3. The van der Waals surface area contributed by atoms with E-state index in [1.54, 1.807) is 0 Å². The van der Waals surface area contributed by atoms with Gasteiger partial charge in [0.15, 0.2) is 0 Å². The molecule has 1 unspecified atom stereocenters. The van der Waals surface area contributed by atoms with Gasteiger partial charge in [0.2, 0.25) is 0 Å². The fourth-order valence-corrected chi connectivity index (χ4v) is 0.440. The van der Waals surface area contributed by atoms with Gasteiger partial charge in [-0.15, -0.1) is 0 Å². The van der Waals surface area contributed by atoms with E-state index in [1.165, 1.54) is 5.75 Å². The van der Waals surface area contributed by atoms with Gasteiger partial charge in [-0.05, 0) is 6.42 Å². The van der Waals surface area contributed by atoms with Gasteiger partial charge >= 0.3 is 0 Å². The molecule has 0 heterocycles. The first kappa shape index (κ1) is 7.27. The Hall–Kier alpha value is 0.270. The largest absolute Gasteiger partial charge is 0.394 e. The van der Waals surface area contributed by atoms with Crippen molar-refractivity contribution in [2.24, 2.45) is 0 Å². The Morgan fingerprint density at radius 3 is 2.43 bits per heavy atom. The lowest BCUT2D eigenvalue weighted by molar-refractivity contribution is 0.0964. The zero-order valence-corrected chi connectivity index (χ0v) is 4.80. The van der Waals surface area contributed by atoms with Gasteiger partial charge < -0.3 is 10.2 Å². The van der Waals surface area contributed by atoms with Gasteiger partial charge in [-0.3, -0.25) is 0 Å². The lowest BCUT2D eigenvalue weighted by Gasteiger charge is -2.00. The van der Waals surface area contributed by atoms with E-state index in [1.807, 2.05) is 0 Å². The third-order valence-corrected chi connectivity index (χ3v) is 0.799. The van der Waals surface area contributed by atoms with Crippen molar-refractivity contribution in [3.8, 4) is 0 Å². The average molecular weight is 121 g/mol. The molecule has 2 N–H and O–H groups in total. The van der Waals surface area contributed by atoms with E-state index in [0.29, 0.717) is 6.42 Å². The monoisotopic (exact) mass is 121 g/mol.